The standard InChI is InChI=1S/C13H21NO2S/c1-10(2)7-11-5-4-6-12(8-11)13(14)9-17(3,15)16/h4-6,8,10,13H,7,9,14H2,1-3H3. The van der Waals surface area contributed by atoms with E-state index >= 15 is 0 Å². The summed E-state index contributed by atoms with van der Waals surface area (Å²) < 4.78 is 22.4. The van der Waals surface area contributed by atoms with E-state index in [0.29, 0.717) is 5.92 Å². The number of hydrogen-bond acceptors (Lipinski definition) is 3. The Labute approximate surface area is 104 Å². The van der Waals surface area contributed by atoms with Gasteiger partial charge in [-0.05, 0) is 23.5 Å². The van der Waals surface area contributed by atoms with E-state index in [1.807, 2.05) is 18.2 Å². The third-order valence-electron chi connectivity index (χ3n) is 2.51. The van der Waals surface area contributed by atoms with Crippen molar-refractivity contribution < 1.29 is 8.42 Å². The average Bonchev–Trinajstić information content (AvgIpc) is 2.14. The summed E-state index contributed by atoms with van der Waals surface area (Å²) in [4.78, 5) is 0. The number of nitrogens with two attached hydrogens (primary N) is 1. The van der Waals surface area contributed by atoms with Crippen LogP contribution < -0.4 is 5.73 Å². The fourth-order valence-electron chi connectivity index (χ4n) is 1.84. The van der Waals surface area contributed by atoms with Gasteiger partial charge in [0.2, 0.25) is 0 Å². The van der Waals surface area contributed by atoms with Crippen LogP contribution in [0.25, 0.3) is 0 Å². The van der Waals surface area contributed by atoms with Gasteiger partial charge in [0.15, 0.2) is 0 Å². The van der Waals surface area contributed by atoms with Crippen LogP contribution in [0.2, 0.25) is 0 Å². The van der Waals surface area contributed by atoms with Crippen molar-refractivity contribution in [1.29, 1.82) is 0 Å². The Hall–Kier alpha value is -0.870. The molecule has 17 heavy (non-hydrogen) atoms. The van der Waals surface area contributed by atoms with Crippen molar-refractivity contribution in [2.24, 2.45) is 11.7 Å². The highest BCUT2D eigenvalue weighted by Crippen LogP contribution is 2.16. The third-order valence-corrected chi connectivity index (χ3v) is 3.47. The van der Waals surface area contributed by atoms with Crippen molar-refractivity contribution in [3.8, 4) is 0 Å². The van der Waals surface area contributed by atoms with Crippen LogP contribution in [0.1, 0.15) is 31.0 Å². The van der Waals surface area contributed by atoms with Gasteiger partial charge < -0.3 is 5.73 Å². The van der Waals surface area contributed by atoms with E-state index in [1.165, 1.54) is 11.8 Å². The molecule has 0 aliphatic carbocycles. The largest absolute Gasteiger partial charge is 0.323 e. The maximum absolute atomic E-state index is 11.2. The summed E-state index contributed by atoms with van der Waals surface area (Å²) >= 11 is 0. The molecule has 0 amide bonds. The van der Waals surface area contributed by atoms with Crippen LogP contribution in [0.4, 0.5) is 0 Å². The molecule has 0 fully saturated rings. The lowest BCUT2D eigenvalue weighted by Crippen LogP contribution is -2.21. The lowest BCUT2D eigenvalue weighted by atomic mass is 9.99. The second-order valence-electron chi connectivity index (χ2n) is 5.04. The summed E-state index contributed by atoms with van der Waals surface area (Å²) in [6, 6.07) is 7.46. The van der Waals surface area contributed by atoms with E-state index in [2.05, 4.69) is 19.9 Å². The Morgan fingerprint density at radius 2 is 1.94 bits per heavy atom. The van der Waals surface area contributed by atoms with E-state index in [4.69, 9.17) is 5.73 Å². The highest BCUT2D eigenvalue weighted by molar-refractivity contribution is 7.90. The molecule has 1 rings (SSSR count). The lowest BCUT2D eigenvalue weighted by Gasteiger charge is -2.13. The maximum atomic E-state index is 11.2. The summed E-state index contributed by atoms with van der Waals surface area (Å²) in [5.41, 5.74) is 8.01. The maximum Gasteiger partial charge on any atom is 0.149 e. The number of hydrogen-bond donors (Lipinski definition) is 1. The monoisotopic (exact) mass is 255 g/mol. The Morgan fingerprint density at radius 3 is 2.47 bits per heavy atom. The van der Waals surface area contributed by atoms with Crippen molar-refractivity contribution in [2.75, 3.05) is 12.0 Å². The molecule has 0 aliphatic rings. The molecular formula is C13H21NO2S. The molecule has 1 aromatic carbocycles. The Bertz CT molecular complexity index is 466. The zero-order valence-corrected chi connectivity index (χ0v) is 11.5. The molecular weight excluding hydrogens is 234 g/mol. The summed E-state index contributed by atoms with van der Waals surface area (Å²) in [5.74, 6) is 0.578. The van der Waals surface area contributed by atoms with Crippen molar-refractivity contribution >= 4 is 9.84 Å². The van der Waals surface area contributed by atoms with E-state index < -0.39 is 15.9 Å². The van der Waals surface area contributed by atoms with Crippen LogP contribution >= 0.6 is 0 Å². The van der Waals surface area contributed by atoms with E-state index in [0.717, 1.165) is 12.0 Å². The minimum atomic E-state index is -3.03. The summed E-state index contributed by atoms with van der Waals surface area (Å²) in [5, 5.41) is 0. The smallest absolute Gasteiger partial charge is 0.149 e. The van der Waals surface area contributed by atoms with Crippen molar-refractivity contribution in [1.82, 2.24) is 0 Å². The quantitative estimate of drug-likeness (QED) is 0.874. The minimum Gasteiger partial charge on any atom is -0.323 e. The van der Waals surface area contributed by atoms with E-state index in [9.17, 15) is 8.42 Å². The highest BCUT2D eigenvalue weighted by Gasteiger charge is 2.13. The first-order valence-electron chi connectivity index (χ1n) is 5.80. The molecule has 0 saturated heterocycles. The van der Waals surface area contributed by atoms with E-state index in [1.54, 1.807) is 0 Å². The van der Waals surface area contributed by atoms with Gasteiger partial charge in [-0.15, -0.1) is 0 Å². The molecule has 0 aliphatic heterocycles. The van der Waals surface area contributed by atoms with E-state index in [-0.39, 0.29) is 5.75 Å². The Morgan fingerprint density at radius 1 is 1.29 bits per heavy atom. The van der Waals surface area contributed by atoms with Gasteiger partial charge in [0.1, 0.15) is 9.84 Å². The SMILES string of the molecule is CC(C)Cc1cccc(C(N)CS(C)(=O)=O)c1. The van der Waals surface area contributed by atoms with Crippen LogP contribution in [0.3, 0.4) is 0 Å². The first-order chi connectivity index (χ1) is 7.78. The lowest BCUT2D eigenvalue weighted by molar-refractivity contribution is 0.594. The zero-order valence-electron chi connectivity index (χ0n) is 10.7. The number of sulfone groups is 1. The summed E-state index contributed by atoms with van der Waals surface area (Å²) in [6.45, 7) is 4.31. The van der Waals surface area contributed by atoms with Gasteiger partial charge in [-0.2, -0.15) is 0 Å². The molecule has 0 heterocycles. The molecule has 0 saturated carbocycles. The molecule has 2 N–H and O–H groups in total. The van der Waals surface area contributed by atoms with Crippen LogP contribution in [-0.4, -0.2) is 20.4 Å². The molecule has 3 nitrogen and oxygen atoms in total. The minimum absolute atomic E-state index is 0.00185. The fraction of sp³-hybridized carbons (Fsp3) is 0.538. The fourth-order valence-corrected chi connectivity index (χ4v) is 2.69. The van der Waals surface area contributed by atoms with Crippen LogP contribution in [0.5, 0.6) is 0 Å². The van der Waals surface area contributed by atoms with Gasteiger partial charge in [-0.25, -0.2) is 8.42 Å². The molecule has 0 aromatic heterocycles. The normalized spacial score (nSPS) is 13.9. The highest BCUT2D eigenvalue weighted by atomic mass is 32.2. The molecule has 1 aromatic rings. The van der Waals surface area contributed by atoms with Gasteiger partial charge in [0.05, 0.1) is 5.75 Å². The molecule has 0 radical (unpaired) electrons. The number of rotatable bonds is 5. The summed E-state index contributed by atoms with van der Waals surface area (Å²) in [7, 11) is -3.03. The molecule has 1 unspecified atom stereocenters. The second kappa shape index (κ2) is 5.65. The van der Waals surface area contributed by atoms with Gasteiger partial charge in [0.25, 0.3) is 0 Å². The Kier molecular flexibility index (Phi) is 4.71. The van der Waals surface area contributed by atoms with Gasteiger partial charge in [-0.1, -0.05) is 38.1 Å². The molecule has 4 heteroatoms. The average molecular weight is 255 g/mol. The predicted octanol–water partition coefficient (Wildman–Crippen LogP) is 1.93. The molecule has 0 bridgehead atoms. The van der Waals surface area contributed by atoms with Crippen molar-refractivity contribution in [2.45, 2.75) is 26.3 Å². The topological polar surface area (TPSA) is 60.2 Å². The van der Waals surface area contributed by atoms with Crippen LogP contribution in [0, 0.1) is 5.92 Å². The predicted molar refractivity (Wildman–Crippen MR) is 71.6 cm³/mol. The molecule has 96 valence electrons. The third kappa shape index (κ3) is 5.33. The zero-order chi connectivity index (χ0) is 13.1. The van der Waals surface area contributed by atoms with Gasteiger partial charge >= 0.3 is 0 Å². The van der Waals surface area contributed by atoms with Crippen LogP contribution in [0.15, 0.2) is 24.3 Å². The molecule has 0 spiro atoms. The van der Waals surface area contributed by atoms with Gasteiger partial charge in [0, 0.05) is 12.3 Å². The number of benzene rings is 1. The first kappa shape index (κ1) is 14.2. The van der Waals surface area contributed by atoms with Gasteiger partial charge in [-0.3, -0.25) is 0 Å². The van der Waals surface area contributed by atoms with Crippen LogP contribution in [-0.2, 0) is 16.3 Å². The second-order valence-corrected chi connectivity index (χ2v) is 7.23. The van der Waals surface area contributed by atoms with Crippen molar-refractivity contribution in [3.05, 3.63) is 35.4 Å². The summed E-state index contributed by atoms with van der Waals surface area (Å²) in [6.07, 6.45) is 2.20. The Balaban J connectivity index is 2.84. The molecule has 1 atom stereocenters. The van der Waals surface area contributed by atoms with Crippen molar-refractivity contribution in [3.63, 3.8) is 0 Å². The first-order valence-corrected chi connectivity index (χ1v) is 7.86.